The van der Waals surface area contributed by atoms with Crippen LogP contribution in [-0.4, -0.2) is 27.1 Å². The van der Waals surface area contributed by atoms with Crippen LogP contribution in [0.1, 0.15) is 17.8 Å². The minimum Gasteiger partial charge on any atom is -0.481 e. The van der Waals surface area contributed by atoms with Crippen LogP contribution < -0.4 is 5.73 Å². The number of aromatic nitrogens is 1. The van der Waals surface area contributed by atoms with Crippen LogP contribution in [0, 0.1) is 0 Å². The fraction of sp³-hybridized carbons (Fsp3) is 0.375. The van der Waals surface area contributed by atoms with Gasteiger partial charge in [-0.05, 0) is 6.42 Å². The second-order valence-electron chi connectivity index (χ2n) is 3.01. The van der Waals surface area contributed by atoms with Gasteiger partial charge in [0.05, 0.1) is 0 Å². The minimum absolute atomic E-state index is 0.175. The highest BCUT2D eigenvalue weighted by Crippen LogP contribution is 2.25. The molecule has 82 valence electrons. The highest BCUT2D eigenvalue weighted by Gasteiger charge is 2.38. The lowest BCUT2D eigenvalue weighted by Gasteiger charge is -2.20. The molecule has 0 bridgehead atoms. The number of aliphatic carboxylic acids is 2. The molecule has 6 nitrogen and oxygen atoms in total. The van der Waals surface area contributed by atoms with E-state index in [1.54, 1.807) is 5.38 Å². The van der Waals surface area contributed by atoms with Crippen LogP contribution in [0.4, 0.5) is 0 Å². The predicted octanol–water partition coefficient (Wildman–Crippen LogP) is 0.247. The zero-order valence-corrected chi connectivity index (χ0v) is 8.53. The molecule has 0 radical (unpaired) electrons. The van der Waals surface area contributed by atoms with E-state index in [9.17, 15) is 9.59 Å². The van der Waals surface area contributed by atoms with Gasteiger partial charge in [0.15, 0.2) is 5.54 Å². The molecule has 1 unspecified atom stereocenters. The van der Waals surface area contributed by atoms with E-state index in [2.05, 4.69) is 4.98 Å². The van der Waals surface area contributed by atoms with E-state index in [1.165, 1.54) is 6.20 Å². The number of nitrogens with two attached hydrogens (primary N) is 1. The molecule has 4 N–H and O–H groups in total. The Labute approximate surface area is 89.4 Å². The van der Waals surface area contributed by atoms with Crippen molar-refractivity contribution in [3.8, 4) is 0 Å². The number of hydrogen-bond acceptors (Lipinski definition) is 5. The molecule has 0 spiro atoms. The van der Waals surface area contributed by atoms with E-state index in [1.807, 2.05) is 0 Å². The van der Waals surface area contributed by atoms with Crippen LogP contribution in [0.3, 0.4) is 0 Å². The third-order valence-electron chi connectivity index (χ3n) is 1.93. The molecule has 15 heavy (non-hydrogen) atoms. The molecule has 0 fully saturated rings. The average molecular weight is 230 g/mol. The van der Waals surface area contributed by atoms with Crippen LogP contribution in [0.2, 0.25) is 0 Å². The number of carboxylic acid groups (broad SMARTS) is 2. The normalized spacial score (nSPS) is 14.5. The molecule has 1 atom stereocenters. The lowest BCUT2D eigenvalue weighted by molar-refractivity contribution is -0.145. The SMILES string of the molecule is NC(CCC(=O)O)(C(=O)O)c1nccs1. The van der Waals surface area contributed by atoms with E-state index in [4.69, 9.17) is 15.9 Å². The molecular formula is C8H10N2O4S. The topological polar surface area (TPSA) is 114 Å². The van der Waals surface area contributed by atoms with Gasteiger partial charge in [-0.15, -0.1) is 11.3 Å². The van der Waals surface area contributed by atoms with Crippen LogP contribution in [0.5, 0.6) is 0 Å². The van der Waals surface area contributed by atoms with Gasteiger partial charge in [0.2, 0.25) is 0 Å². The zero-order valence-electron chi connectivity index (χ0n) is 7.71. The summed E-state index contributed by atoms with van der Waals surface area (Å²) in [5.41, 5.74) is 3.94. The molecule has 1 heterocycles. The molecule has 0 amide bonds. The smallest absolute Gasteiger partial charge is 0.330 e. The van der Waals surface area contributed by atoms with Gasteiger partial charge < -0.3 is 15.9 Å². The first-order valence-electron chi connectivity index (χ1n) is 4.11. The molecule has 0 aliphatic rings. The van der Waals surface area contributed by atoms with Crippen molar-refractivity contribution in [1.29, 1.82) is 0 Å². The summed E-state index contributed by atoms with van der Waals surface area (Å²) in [5.74, 6) is -2.35. The Morgan fingerprint density at radius 2 is 2.20 bits per heavy atom. The van der Waals surface area contributed by atoms with Crippen LogP contribution in [-0.2, 0) is 15.1 Å². The van der Waals surface area contributed by atoms with Gasteiger partial charge in [-0.2, -0.15) is 0 Å². The summed E-state index contributed by atoms with van der Waals surface area (Å²) in [5, 5.41) is 19.3. The van der Waals surface area contributed by atoms with Crippen molar-refractivity contribution < 1.29 is 19.8 Å². The van der Waals surface area contributed by atoms with Crippen molar-refractivity contribution >= 4 is 23.3 Å². The van der Waals surface area contributed by atoms with Crippen molar-refractivity contribution in [2.75, 3.05) is 0 Å². The Kier molecular flexibility index (Phi) is 3.38. The van der Waals surface area contributed by atoms with E-state index in [-0.39, 0.29) is 17.8 Å². The van der Waals surface area contributed by atoms with Crippen LogP contribution in [0.15, 0.2) is 11.6 Å². The predicted molar refractivity (Wildman–Crippen MR) is 52.5 cm³/mol. The Morgan fingerprint density at radius 3 is 2.60 bits per heavy atom. The number of rotatable bonds is 5. The maximum atomic E-state index is 11.0. The first kappa shape index (κ1) is 11.6. The van der Waals surface area contributed by atoms with Gasteiger partial charge in [-0.3, -0.25) is 4.79 Å². The maximum absolute atomic E-state index is 11.0. The summed E-state index contributed by atoms with van der Waals surface area (Å²) < 4.78 is 0. The Hall–Kier alpha value is -1.47. The second-order valence-corrected chi connectivity index (χ2v) is 3.90. The highest BCUT2D eigenvalue weighted by molar-refractivity contribution is 7.09. The summed E-state index contributed by atoms with van der Waals surface area (Å²) in [4.78, 5) is 25.2. The summed E-state index contributed by atoms with van der Waals surface area (Å²) in [6.07, 6.45) is 0.957. The largest absolute Gasteiger partial charge is 0.481 e. The molecule has 0 aromatic carbocycles. The molecule has 1 aromatic rings. The zero-order chi connectivity index (χ0) is 11.5. The van der Waals surface area contributed by atoms with Crippen molar-refractivity contribution in [2.45, 2.75) is 18.4 Å². The molecular weight excluding hydrogens is 220 g/mol. The van der Waals surface area contributed by atoms with Crippen LogP contribution >= 0.6 is 11.3 Å². The first-order valence-corrected chi connectivity index (χ1v) is 4.99. The van der Waals surface area contributed by atoms with Crippen molar-refractivity contribution in [3.05, 3.63) is 16.6 Å². The highest BCUT2D eigenvalue weighted by atomic mass is 32.1. The molecule has 0 saturated carbocycles. The first-order chi connectivity index (χ1) is 6.97. The average Bonchev–Trinajstić information content (AvgIpc) is 2.66. The van der Waals surface area contributed by atoms with Gasteiger partial charge >= 0.3 is 11.9 Å². The third kappa shape index (κ3) is 2.51. The Balaban J connectivity index is 2.89. The van der Waals surface area contributed by atoms with Crippen LogP contribution in [0.25, 0.3) is 0 Å². The summed E-state index contributed by atoms with van der Waals surface area (Å²) in [6.45, 7) is 0. The molecule has 0 saturated heterocycles. The lowest BCUT2D eigenvalue weighted by Crippen LogP contribution is -2.45. The van der Waals surface area contributed by atoms with E-state index >= 15 is 0 Å². The van der Waals surface area contributed by atoms with E-state index in [0.717, 1.165) is 11.3 Å². The number of carbonyl (C=O) groups is 2. The second kappa shape index (κ2) is 4.37. The quantitative estimate of drug-likeness (QED) is 0.668. The molecule has 7 heteroatoms. The molecule has 1 rings (SSSR count). The molecule has 0 aliphatic carbocycles. The Morgan fingerprint density at radius 1 is 1.53 bits per heavy atom. The van der Waals surface area contributed by atoms with Gasteiger partial charge in [0.1, 0.15) is 5.01 Å². The summed E-state index contributed by atoms with van der Waals surface area (Å²) in [6, 6.07) is 0. The number of carboxylic acids is 2. The Bertz CT molecular complexity index is 365. The minimum atomic E-state index is -1.70. The maximum Gasteiger partial charge on any atom is 0.330 e. The van der Waals surface area contributed by atoms with E-state index in [0.29, 0.717) is 0 Å². The van der Waals surface area contributed by atoms with Crippen molar-refractivity contribution in [2.24, 2.45) is 5.73 Å². The fourth-order valence-electron chi connectivity index (χ4n) is 1.05. The number of nitrogens with zero attached hydrogens (tertiary/aromatic N) is 1. The molecule has 0 aliphatic heterocycles. The van der Waals surface area contributed by atoms with Gasteiger partial charge in [-0.25, -0.2) is 9.78 Å². The van der Waals surface area contributed by atoms with Crippen molar-refractivity contribution in [1.82, 2.24) is 4.98 Å². The van der Waals surface area contributed by atoms with Gasteiger partial charge in [0.25, 0.3) is 0 Å². The standard InChI is InChI=1S/C8H10N2O4S/c9-8(7(13)14,2-1-5(11)12)6-10-3-4-15-6/h3-4H,1-2,9H2,(H,11,12)(H,13,14). The number of hydrogen-bond donors (Lipinski definition) is 3. The van der Waals surface area contributed by atoms with Gasteiger partial charge in [0, 0.05) is 18.0 Å². The summed E-state index contributed by atoms with van der Waals surface area (Å²) >= 11 is 1.10. The number of thiazole rings is 1. The van der Waals surface area contributed by atoms with Gasteiger partial charge in [-0.1, -0.05) is 0 Å². The lowest BCUT2D eigenvalue weighted by atomic mass is 9.95. The monoisotopic (exact) mass is 230 g/mol. The fourth-order valence-corrected chi connectivity index (χ4v) is 1.83. The van der Waals surface area contributed by atoms with E-state index < -0.39 is 17.5 Å². The molecule has 1 aromatic heterocycles. The third-order valence-corrected chi connectivity index (χ3v) is 2.88. The van der Waals surface area contributed by atoms with Crippen molar-refractivity contribution in [3.63, 3.8) is 0 Å². The summed E-state index contributed by atoms with van der Waals surface area (Å²) in [7, 11) is 0.